The molecule has 0 amide bonds. The van der Waals surface area contributed by atoms with Gasteiger partial charge in [0.25, 0.3) is 0 Å². The van der Waals surface area contributed by atoms with Crippen molar-refractivity contribution in [3.8, 4) is 5.75 Å². The third-order valence-corrected chi connectivity index (χ3v) is 1.67. The summed E-state index contributed by atoms with van der Waals surface area (Å²) in [6.45, 7) is 0. The maximum absolute atomic E-state index is 5.76. The Morgan fingerprint density at radius 1 is 1.40 bits per heavy atom. The molecule has 0 aromatic heterocycles. The van der Waals surface area contributed by atoms with Gasteiger partial charge in [-0.15, -0.1) is 0 Å². The minimum Gasteiger partial charge on any atom is -0.425 e. The quantitative estimate of drug-likeness (QED) is 0.638. The summed E-state index contributed by atoms with van der Waals surface area (Å²) < 4.78 is 5.12. The molecule has 10 heavy (non-hydrogen) atoms. The van der Waals surface area contributed by atoms with Gasteiger partial charge in [-0.05, 0) is 12.1 Å². The normalized spacial score (nSPS) is 9.40. The van der Waals surface area contributed by atoms with E-state index in [1.165, 1.54) is 12.0 Å². The van der Waals surface area contributed by atoms with Gasteiger partial charge in [0.2, 0.25) is 0 Å². The monoisotopic (exact) mass is 174 g/mol. The Morgan fingerprint density at radius 3 is 2.70 bits per heavy atom. The van der Waals surface area contributed by atoms with E-state index in [0.29, 0.717) is 5.02 Å². The molecule has 1 rings (SSSR count). The van der Waals surface area contributed by atoms with E-state index >= 15 is 0 Å². The zero-order valence-corrected chi connectivity index (χ0v) is 7.08. The summed E-state index contributed by atoms with van der Waals surface area (Å²) in [4.78, 5) is 0. The zero-order chi connectivity index (χ0) is 7.40. The topological polar surface area (TPSA) is 9.23 Å². The third kappa shape index (κ3) is 1.82. The number of benzene rings is 1. The van der Waals surface area contributed by atoms with E-state index in [-0.39, 0.29) is 0 Å². The number of rotatable bonds is 2. The van der Waals surface area contributed by atoms with Crippen molar-refractivity contribution in [2.45, 2.75) is 0 Å². The minimum atomic E-state index is 0.650. The highest BCUT2D eigenvalue weighted by Crippen LogP contribution is 2.25. The lowest BCUT2D eigenvalue weighted by atomic mass is 10.3. The second-order valence-electron chi connectivity index (χ2n) is 1.68. The summed E-state index contributed by atoms with van der Waals surface area (Å²) >= 11 is 7.05. The molecular formula is C7H7ClOS. The minimum absolute atomic E-state index is 0.650. The SMILES string of the molecule is CSOc1ccccc1Cl. The first kappa shape index (κ1) is 7.76. The number of hydrogen-bond donors (Lipinski definition) is 0. The smallest absolute Gasteiger partial charge is 0.155 e. The Labute approximate surface area is 69.5 Å². The van der Waals surface area contributed by atoms with Crippen LogP contribution in [0.15, 0.2) is 24.3 Å². The summed E-state index contributed by atoms with van der Waals surface area (Å²) in [7, 11) is 0. The van der Waals surface area contributed by atoms with E-state index in [0.717, 1.165) is 5.75 Å². The molecule has 1 nitrogen and oxygen atoms in total. The number of halogens is 1. The highest BCUT2D eigenvalue weighted by molar-refractivity contribution is 7.94. The maximum atomic E-state index is 5.76. The van der Waals surface area contributed by atoms with Crippen LogP contribution in [-0.4, -0.2) is 6.26 Å². The lowest BCUT2D eigenvalue weighted by Crippen LogP contribution is -1.78. The van der Waals surface area contributed by atoms with Crippen molar-refractivity contribution in [2.75, 3.05) is 6.26 Å². The van der Waals surface area contributed by atoms with E-state index in [2.05, 4.69) is 0 Å². The molecule has 1 aromatic rings. The van der Waals surface area contributed by atoms with Crippen molar-refractivity contribution in [3.05, 3.63) is 29.3 Å². The van der Waals surface area contributed by atoms with E-state index in [1.807, 2.05) is 24.5 Å². The Balaban J connectivity index is 2.81. The Hall–Kier alpha value is -0.340. The highest BCUT2D eigenvalue weighted by Gasteiger charge is 1.96. The van der Waals surface area contributed by atoms with Crippen molar-refractivity contribution < 1.29 is 4.18 Å². The van der Waals surface area contributed by atoms with Crippen molar-refractivity contribution >= 4 is 23.6 Å². The molecule has 3 heteroatoms. The van der Waals surface area contributed by atoms with Gasteiger partial charge in [0.15, 0.2) is 5.75 Å². The van der Waals surface area contributed by atoms with Crippen molar-refractivity contribution in [1.29, 1.82) is 0 Å². The van der Waals surface area contributed by atoms with Gasteiger partial charge in [-0.25, -0.2) is 0 Å². The van der Waals surface area contributed by atoms with Crippen LogP contribution in [0.5, 0.6) is 5.75 Å². The summed E-state index contributed by atoms with van der Waals surface area (Å²) in [5.74, 6) is 0.719. The fourth-order valence-corrected chi connectivity index (χ4v) is 1.15. The van der Waals surface area contributed by atoms with Crippen LogP contribution in [0.4, 0.5) is 0 Å². The molecule has 0 unspecified atom stereocenters. The van der Waals surface area contributed by atoms with Gasteiger partial charge < -0.3 is 4.18 Å². The second kappa shape index (κ2) is 3.74. The summed E-state index contributed by atoms with van der Waals surface area (Å²) in [5.41, 5.74) is 0. The highest BCUT2D eigenvalue weighted by atomic mass is 35.5. The number of para-hydroxylation sites is 1. The molecule has 0 bridgehead atoms. The van der Waals surface area contributed by atoms with Crippen LogP contribution in [-0.2, 0) is 0 Å². The molecule has 0 saturated carbocycles. The molecule has 0 atom stereocenters. The molecule has 0 aliphatic carbocycles. The van der Waals surface area contributed by atoms with E-state index in [4.69, 9.17) is 15.8 Å². The molecule has 0 spiro atoms. The van der Waals surface area contributed by atoms with Gasteiger partial charge in [-0.2, -0.15) is 0 Å². The predicted octanol–water partition coefficient (Wildman–Crippen LogP) is 3.00. The van der Waals surface area contributed by atoms with E-state index < -0.39 is 0 Å². The van der Waals surface area contributed by atoms with Crippen LogP contribution < -0.4 is 4.18 Å². The van der Waals surface area contributed by atoms with Crippen molar-refractivity contribution in [1.82, 2.24) is 0 Å². The summed E-state index contributed by atoms with van der Waals surface area (Å²) in [5, 5.41) is 0.650. The Kier molecular flexibility index (Phi) is 2.90. The first-order chi connectivity index (χ1) is 4.84. The van der Waals surface area contributed by atoms with E-state index in [9.17, 15) is 0 Å². The molecular weight excluding hydrogens is 168 g/mol. The molecule has 0 fully saturated rings. The molecule has 0 N–H and O–H groups in total. The van der Waals surface area contributed by atoms with E-state index in [1.54, 1.807) is 6.07 Å². The standard InChI is InChI=1S/C7H7ClOS/c1-10-9-7-5-3-2-4-6(7)8/h2-5H,1H3. The fourth-order valence-electron chi connectivity index (χ4n) is 0.602. The molecule has 54 valence electrons. The average Bonchev–Trinajstić information content (AvgIpc) is 1.94. The molecule has 1 aromatic carbocycles. The largest absolute Gasteiger partial charge is 0.425 e. The van der Waals surface area contributed by atoms with Gasteiger partial charge in [0.1, 0.15) is 0 Å². The van der Waals surface area contributed by atoms with Crippen LogP contribution in [0.25, 0.3) is 0 Å². The van der Waals surface area contributed by atoms with Crippen molar-refractivity contribution in [2.24, 2.45) is 0 Å². The van der Waals surface area contributed by atoms with Gasteiger partial charge in [-0.1, -0.05) is 23.7 Å². The average molecular weight is 175 g/mol. The van der Waals surface area contributed by atoms with Crippen LogP contribution >= 0.6 is 23.6 Å². The van der Waals surface area contributed by atoms with Crippen LogP contribution in [0, 0.1) is 0 Å². The Morgan fingerprint density at radius 2 is 2.10 bits per heavy atom. The molecule has 0 radical (unpaired) electrons. The zero-order valence-electron chi connectivity index (χ0n) is 5.50. The maximum Gasteiger partial charge on any atom is 0.155 e. The fraction of sp³-hybridized carbons (Fsp3) is 0.143. The lowest BCUT2D eigenvalue weighted by Gasteiger charge is -2.00. The summed E-state index contributed by atoms with van der Waals surface area (Å²) in [6, 6.07) is 7.39. The predicted molar refractivity (Wildman–Crippen MR) is 45.6 cm³/mol. The third-order valence-electron chi connectivity index (χ3n) is 1.01. The van der Waals surface area contributed by atoms with Crippen LogP contribution in [0.2, 0.25) is 5.02 Å². The summed E-state index contributed by atoms with van der Waals surface area (Å²) in [6.07, 6.45) is 1.85. The molecule has 0 aliphatic heterocycles. The van der Waals surface area contributed by atoms with Crippen LogP contribution in [0.3, 0.4) is 0 Å². The van der Waals surface area contributed by atoms with Gasteiger partial charge in [0.05, 0.1) is 17.1 Å². The second-order valence-corrected chi connectivity index (χ2v) is 2.59. The number of hydrogen-bond acceptors (Lipinski definition) is 2. The first-order valence-electron chi connectivity index (χ1n) is 2.80. The van der Waals surface area contributed by atoms with Gasteiger partial charge in [0, 0.05) is 6.26 Å². The van der Waals surface area contributed by atoms with Gasteiger partial charge in [-0.3, -0.25) is 0 Å². The molecule has 0 aliphatic rings. The van der Waals surface area contributed by atoms with Crippen molar-refractivity contribution in [3.63, 3.8) is 0 Å². The molecule has 0 saturated heterocycles. The first-order valence-corrected chi connectivity index (χ1v) is 4.32. The van der Waals surface area contributed by atoms with Gasteiger partial charge >= 0.3 is 0 Å². The Bertz CT molecular complexity index is 215. The molecule has 0 heterocycles. The van der Waals surface area contributed by atoms with Crippen LogP contribution in [0.1, 0.15) is 0 Å². The lowest BCUT2D eigenvalue weighted by molar-refractivity contribution is 0.650.